The van der Waals surface area contributed by atoms with Gasteiger partial charge >= 0.3 is 0 Å². The van der Waals surface area contributed by atoms with Crippen LogP contribution in [0.3, 0.4) is 0 Å². The van der Waals surface area contributed by atoms with Crippen molar-refractivity contribution < 1.29 is 4.79 Å². The van der Waals surface area contributed by atoms with E-state index in [1.165, 1.54) is 21.5 Å². The van der Waals surface area contributed by atoms with Crippen LogP contribution < -0.4 is 10.6 Å². The molecule has 0 spiro atoms. The second-order valence-electron chi connectivity index (χ2n) is 8.72. The van der Waals surface area contributed by atoms with Crippen LogP contribution in [0.15, 0.2) is 36.7 Å². The Morgan fingerprint density at radius 1 is 1.18 bits per heavy atom. The molecule has 0 bridgehead atoms. The maximum Gasteiger partial charge on any atom is 0.228 e. The highest BCUT2D eigenvalue weighted by molar-refractivity contribution is 8.63. The largest absolute Gasteiger partial charge is 0.325 e. The van der Waals surface area contributed by atoms with Gasteiger partial charge in [0.05, 0.1) is 29.2 Å². The van der Waals surface area contributed by atoms with Crippen LogP contribution in [0.5, 0.6) is 0 Å². The van der Waals surface area contributed by atoms with Crippen LogP contribution >= 0.6 is 14.1 Å². The number of anilines is 3. The number of hydrogen-bond donors (Lipinski definition) is 2. The van der Waals surface area contributed by atoms with E-state index in [9.17, 15) is 4.79 Å². The number of aryl methyl sites for hydroxylation is 3. The SMILES string of the molecule is Cc1ccc2c(c1)NC(=O)Cc1cnc(Nc3cc(CCCN(C)C)cnc3C)nc1-2.S=PP=S=S=S=S. The lowest BCUT2D eigenvalue weighted by atomic mass is 10.0. The van der Waals surface area contributed by atoms with Gasteiger partial charge in [-0.3, -0.25) is 9.78 Å². The predicted molar refractivity (Wildman–Crippen MR) is 174 cm³/mol. The van der Waals surface area contributed by atoms with E-state index in [0.29, 0.717) is 5.95 Å². The molecule has 3 aromatic rings. The molecule has 0 unspecified atom stereocenters. The summed E-state index contributed by atoms with van der Waals surface area (Å²) in [7, 11) is 11.0. The fraction of sp³-hybridized carbons (Fsp3) is 0.333. The molecule has 0 aliphatic carbocycles. The van der Waals surface area contributed by atoms with Crippen LogP contribution in [0.1, 0.15) is 28.8 Å². The van der Waals surface area contributed by atoms with Crippen molar-refractivity contribution >= 4 is 87.6 Å². The molecule has 14 heteroatoms. The number of amides is 1. The van der Waals surface area contributed by atoms with E-state index in [-0.39, 0.29) is 12.3 Å². The molecule has 1 amide bonds. The molecule has 2 aromatic heterocycles. The maximum absolute atomic E-state index is 12.3. The summed E-state index contributed by atoms with van der Waals surface area (Å²) < 4.78 is 0. The molecule has 38 heavy (non-hydrogen) atoms. The summed E-state index contributed by atoms with van der Waals surface area (Å²) in [4.78, 5) is 28.3. The van der Waals surface area contributed by atoms with Gasteiger partial charge in [-0.1, -0.05) is 12.1 Å². The van der Waals surface area contributed by atoms with Crippen molar-refractivity contribution in [3.05, 3.63) is 59.0 Å². The van der Waals surface area contributed by atoms with Crippen LogP contribution in [0.2, 0.25) is 0 Å². The molecule has 1 aromatic carbocycles. The zero-order chi connectivity index (χ0) is 27.5. The second kappa shape index (κ2) is 15.8. The molecule has 1 aliphatic rings. The van der Waals surface area contributed by atoms with Crippen LogP contribution in [0.4, 0.5) is 17.3 Å². The first-order chi connectivity index (χ1) is 18.3. The molecule has 7 nitrogen and oxygen atoms in total. The molecule has 0 fully saturated rings. The number of nitrogens with zero attached hydrogens (tertiary/aromatic N) is 4. The molecule has 3 heterocycles. The molecule has 0 radical (unpaired) electrons. The lowest BCUT2D eigenvalue weighted by molar-refractivity contribution is -0.115. The average Bonchev–Trinajstić information content (AvgIpc) is 3.01. The van der Waals surface area contributed by atoms with E-state index in [1.54, 1.807) is 24.6 Å². The number of nitrogens with one attached hydrogen (secondary N) is 2. The fourth-order valence-corrected chi connectivity index (χ4v) is 13.4. The molecular weight excluding hydrogens is 611 g/mol. The fourth-order valence-electron chi connectivity index (χ4n) is 3.76. The Morgan fingerprint density at radius 2 is 2.00 bits per heavy atom. The zero-order valence-corrected chi connectivity index (χ0v) is 27.3. The van der Waals surface area contributed by atoms with Gasteiger partial charge in [0, 0.05) is 37.6 Å². The summed E-state index contributed by atoms with van der Waals surface area (Å²) in [6.45, 7) is 5.01. The zero-order valence-electron chi connectivity index (χ0n) is 21.4. The topological polar surface area (TPSA) is 83.0 Å². The van der Waals surface area contributed by atoms with Gasteiger partial charge in [-0.2, -0.15) is 0 Å². The number of carbonyl (C=O) groups is 1. The lowest BCUT2D eigenvalue weighted by Gasteiger charge is -2.13. The molecule has 4 rings (SSSR count). The van der Waals surface area contributed by atoms with Gasteiger partial charge in [-0.25, -0.2) is 9.97 Å². The Bertz CT molecular complexity index is 1470. The van der Waals surface area contributed by atoms with Crippen molar-refractivity contribution in [3.8, 4) is 11.3 Å². The molecule has 1 aliphatic heterocycles. The highest BCUT2D eigenvalue weighted by atomic mass is 33.3. The number of aromatic nitrogens is 3. The average molecular weight is 639 g/mol. The van der Waals surface area contributed by atoms with Gasteiger partial charge in [0.25, 0.3) is 0 Å². The number of rotatable bonds is 7. The first-order valence-corrected chi connectivity index (χ1v) is 20.1. The van der Waals surface area contributed by atoms with Crippen molar-refractivity contribution in [2.24, 2.45) is 0 Å². The molecular formula is C24H28N6OP2S5. The predicted octanol–water partition coefficient (Wildman–Crippen LogP) is 5.60. The Balaban J connectivity index is 0.000000505. The molecule has 200 valence electrons. The third kappa shape index (κ3) is 9.54. The number of pyridine rings is 1. The summed E-state index contributed by atoms with van der Waals surface area (Å²) in [6.07, 6.45) is 5.97. The number of carbonyl (C=O) groups excluding carboxylic acids is 1. The summed E-state index contributed by atoms with van der Waals surface area (Å²) in [5, 5.41) is 6.32. The van der Waals surface area contributed by atoms with E-state index in [4.69, 9.17) is 4.98 Å². The first-order valence-electron chi connectivity index (χ1n) is 11.6. The third-order valence-corrected chi connectivity index (χ3v) is 15.5. The van der Waals surface area contributed by atoms with Gasteiger partial charge in [0.1, 0.15) is 0 Å². The maximum atomic E-state index is 12.3. The Kier molecular flexibility index (Phi) is 12.9. The lowest BCUT2D eigenvalue weighted by Crippen LogP contribution is -2.13. The second-order valence-corrected chi connectivity index (χ2v) is 18.4. The Morgan fingerprint density at radius 3 is 2.74 bits per heavy atom. The summed E-state index contributed by atoms with van der Waals surface area (Å²) in [5.74, 6) is 0.440. The molecule has 2 N–H and O–H groups in total. The molecule has 0 saturated heterocycles. The van der Waals surface area contributed by atoms with Gasteiger partial charge in [-0.05, 0) is 121 Å². The van der Waals surface area contributed by atoms with Gasteiger partial charge in [-0.15, -0.1) is 0 Å². The normalized spacial score (nSPS) is 12.0. The van der Waals surface area contributed by atoms with Gasteiger partial charge < -0.3 is 15.5 Å². The minimum absolute atomic E-state index is 0.0552. The van der Waals surface area contributed by atoms with Crippen LogP contribution in [-0.2, 0) is 67.9 Å². The van der Waals surface area contributed by atoms with Crippen LogP contribution in [0.25, 0.3) is 11.3 Å². The molecule has 0 saturated carbocycles. The number of fused-ring (bicyclic) bond motifs is 3. The van der Waals surface area contributed by atoms with E-state index >= 15 is 0 Å². The quantitative estimate of drug-likeness (QED) is 0.324. The van der Waals surface area contributed by atoms with Gasteiger partial charge in [0.2, 0.25) is 11.9 Å². The van der Waals surface area contributed by atoms with Crippen LogP contribution in [0, 0.1) is 13.8 Å². The first kappa shape index (κ1) is 30.9. The summed E-state index contributed by atoms with van der Waals surface area (Å²) >= 11 is 9.23. The molecule has 0 atom stereocenters. The van der Waals surface area contributed by atoms with Gasteiger partial charge in [0.15, 0.2) is 0 Å². The van der Waals surface area contributed by atoms with E-state index in [1.807, 2.05) is 38.2 Å². The van der Waals surface area contributed by atoms with Crippen LogP contribution in [-0.4, -0.2) is 46.4 Å². The monoisotopic (exact) mass is 638 g/mol. The van der Waals surface area contributed by atoms with Crippen molar-refractivity contribution in [2.75, 3.05) is 31.3 Å². The minimum Gasteiger partial charge on any atom is -0.325 e. The van der Waals surface area contributed by atoms with E-state index in [2.05, 4.69) is 68.7 Å². The Hall–Kier alpha value is -1.62. The summed E-state index contributed by atoms with van der Waals surface area (Å²) in [5.41, 5.74) is 7.34. The highest BCUT2D eigenvalue weighted by Crippen LogP contribution is 2.34. The van der Waals surface area contributed by atoms with Crippen molar-refractivity contribution in [1.29, 1.82) is 0 Å². The summed E-state index contributed by atoms with van der Waals surface area (Å²) in [6, 6.07) is 8.13. The number of benzene rings is 1. The minimum atomic E-state index is -0.0552. The number of hydrogen-bond acceptors (Lipinski definition) is 8. The standard InChI is InChI=1S/C24H28N6O.P2S5/c1-15-7-8-19-21(10-15)27-22(31)12-18-14-26-24(29-23(18)19)28-20-11-17(13-25-16(20)2)6-5-9-30(3)4;3-1-2-5-7-6-4/h7-8,10-11,13-14H,5-6,9,12H2,1-4H3,(H,27,31)(H,26,28,29);. The smallest absolute Gasteiger partial charge is 0.228 e. The van der Waals surface area contributed by atoms with Crippen molar-refractivity contribution in [1.82, 2.24) is 19.9 Å². The van der Waals surface area contributed by atoms with Crippen molar-refractivity contribution in [2.45, 2.75) is 33.1 Å². The van der Waals surface area contributed by atoms with E-state index < -0.39 is 0 Å². The van der Waals surface area contributed by atoms with E-state index in [0.717, 1.165) is 65.9 Å². The highest BCUT2D eigenvalue weighted by Gasteiger charge is 2.21. The third-order valence-electron chi connectivity index (χ3n) is 5.51. The van der Waals surface area contributed by atoms with Crippen molar-refractivity contribution in [3.63, 3.8) is 0 Å². The Labute approximate surface area is 245 Å².